The van der Waals surface area contributed by atoms with Crippen molar-refractivity contribution in [2.24, 2.45) is 0 Å². The second-order valence-electron chi connectivity index (χ2n) is 8.59. The van der Waals surface area contributed by atoms with Gasteiger partial charge in [0.15, 0.2) is 4.91 Å². The van der Waals surface area contributed by atoms with Gasteiger partial charge in [-0.1, -0.05) is 42.5 Å². The van der Waals surface area contributed by atoms with Crippen molar-refractivity contribution in [3.8, 4) is 11.8 Å². The number of rotatable bonds is 5. The molecule has 0 N–H and O–H groups in total. The van der Waals surface area contributed by atoms with Gasteiger partial charge in [-0.3, -0.25) is 9.36 Å². The highest BCUT2D eigenvalue weighted by atomic mass is 32.2. The Balaban J connectivity index is 2.10. The smallest absolute Gasteiger partial charge is 0.273 e. The molecule has 0 atom stereocenters. The Morgan fingerprint density at radius 1 is 1.00 bits per heavy atom. The van der Waals surface area contributed by atoms with Crippen LogP contribution >= 0.6 is 11.3 Å². The van der Waals surface area contributed by atoms with E-state index < -0.39 is 14.7 Å². The zero-order valence-electron chi connectivity index (χ0n) is 20.4. The second-order valence-corrected chi connectivity index (χ2v) is 11.5. The van der Waals surface area contributed by atoms with E-state index >= 15 is 0 Å². The molecule has 4 aromatic rings. The summed E-state index contributed by atoms with van der Waals surface area (Å²) in [6.07, 6.45) is 1.72. The van der Waals surface area contributed by atoms with Gasteiger partial charge in [0.05, 0.1) is 15.1 Å². The Bertz CT molecular complexity index is 1760. The largest absolute Gasteiger partial charge is 0.378 e. The molecule has 0 amide bonds. The normalized spacial score (nSPS) is 12.8. The van der Waals surface area contributed by atoms with E-state index in [9.17, 15) is 18.5 Å². The molecule has 0 radical (unpaired) electrons. The van der Waals surface area contributed by atoms with Gasteiger partial charge in [-0.15, -0.1) is 11.3 Å². The van der Waals surface area contributed by atoms with Gasteiger partial charge in [-0.2, -0.15) is 5.26 Å². The van der Waals surface area contributed by atoms with Gasteiger partial charge in [0, 0.05) is 19.8 Å². The predicted octanol–water partition coefficient (Wildman–Crippen LogP) is 3.52. The van der Waals surface area contributed by atoms with Crippen LogP contribution in [0.4, 0.5) is 5.69 Å². The molecule has 6 nitrogen and oxygen atoms in total. The van der Waals surface area contributed by atoms with E-state index in [-0.39, 0.29) is 15.1 Å². The first-order chi connectivity index (χ1) is 17.1. The molecular formula is C28H25N3O3S2. The van der Waals surface area contributed by atoms with Crippen molar-refractivity contribution < 1.29 is 8.42 Å². The molecule has 0 aliphatic rings. The molecule has 0 saturated heterocycles. The Morgan fingerprint density at radius 2 is 1.67 bits per heavy atom. The highest BCUT2D eigenvalue weighted by Gasteiger charge is 2.25. The van der Waals surface area contributed by atoms with Gasteiger partial charge in [-0.05, 0) is 66.9 Å². The number of nitrogens with zero attached hydrogens (tertiary/aromatic N) is 3. The highest BCUT2D eigenvalue weighted by molar-refractivity contribution is 8.00. The first kappa shape index (κ1) is 25.2. The third-order valence-corrected chi connectivity index (χ3v) is 8.69. The molecule has 3 aromatic carbocycles. The summed E-state index contributed by atoms with van der Waals surface area (Å²) < 4.78 is 28.8. The van der Waals surface area contributed by atoms with Crippen molar-refractivity contribution in [3.05, 3.63) is 109 Å². The van der Waals surface area contributed by atoms with Crippen molar-refractivity contribution in [1.82, 2.24) is 4.57 Å². The lowest BCUT2D eigenvalue weighted by atomic mass is 10.1. The molecule has 4 rings (SSSR count). The van der Waals surface area contributed by atoms with Crippen molar-refractivity contribution in [1.29, 1.82) is 5.26 Å². The lowest BCUT2D eigenvalue weighted by molar-refractivity contribution is 0.606. The van der Waals surface area contributed by atoms with E-state index in [0.29, 0.717) is 10.2 Å². The summed E-state index contributed by atoms with van der Waals surface area (Å²) >= 11 is 1.00. The van der Waals surface area contributed by atoms with E-state index in [0.717, 1.165) is 33.7 Å². The van der Waals surface area contributed by atoms with Gasteiger partial charge >= 0.3 is 0 Å². The summed E-state index contributed by atoms with van der Waals surface area (Å²) in [5.74, 6) is 0. The standard InChI is InChI=1S/C28H25N3O3S2/c1-19-10-11-20(2)24(16-19)31-27(32)25(17-21-12-14-22(15-13-21)30(3)4)35-28(31)26(18-29)36(33,34)23-8-6-5-7-9-23/h5-17H,1-4H3. The number of thiazole rings is 1. The number of hydrogen-bond donors (Lipinski definition) is 0. The Morgan fingerprint density at radius 3 is 2.28 bits per heavy atom. The van der Waals surface area contributed by atoms with Gasteiger partial charge in [0.1, 0.15) is 10.7 Å². The van der Waals surface area contributed by atoms with E-state index in [1.165, 1.54) is 16.7 Å². The number of anilines is 1. The number of aryl methyl sites for hydroxylation is 2. The number of nitriles is 1. The third-order valence-electron chi connectivity index (χ3n) is 5.75. The molecule has 1 heterocycles. The van der Waals surface area contributed by atoms with Crippen LogP contribution in [0.1, 0.15) is 16.7 Å². The summed E-state index contributed by atoms with van der Waals surface area (Å²) in [6, 6.07) is 23.0. The molecule has 36 heavy (non-hydrogen) atoms. The zero-order chi connectivity index (χ0) is 26.0. The first-order valence-electron chi connectivity index (χ1n) is 11.2. The molecular weight excluding hydrogens is 490 g/mol. The zero-order valence-corrected chi connectivity index (χ0v) is 22.0. The monoisotopic (exact) mass is 515 g/mol. The second kappa shape index (κ2) is 9.97. The maximum atomic E-state index is 13.7. The number of hydrogen-bond acceptors (Lipinski definition) is 6. The molecule has 0 aliphatic heterocycles. The molecule has 0 unspecified atom stereocenters. The summed E-state index contributed by atoms with van der Waals surface area (Å²) in [5.41, 5.74) is 3.68. The summed E-state index contributed by atoms with van der Waals surface area (Å²) in [4.78, 5) is 15.2. The van der Waals surface area contributed by atoms with Crippen molar-refractivity contribution in [3.63, 3.8) is 0 Å². The SMILES string of the molecule is Cc1ccc(C)c(-n2c(=C(C#N)S(=O)(=O)c3ccccc3)sc(=Cc3ccc(N(C)C)cc3)c2=O)c1. The molecule has 182 valence electrons. The fourth-order valence-electron chi connectivity index (χ4n) is 3.77. The van der Waals surface area contributed by atoms with Crippen LogP contribution in [0.5, 0.6) is 0 Å². The van der Waals surface area contributed by atoms with E-state index in [2.05, 4.69) is 0 Å². The molecule has 0 saturated carbocycles. The van der Waals surface area contributed by atoms with Crippen LogP contribution in [-0.2, 0) is 9.84 Å². The molecule has 1 aromatic heterocycles. The summed E-state index contributed by atoms with van der Waals surface area (Å²) in [7, 11) is -0.274. The number of benzene rings is 3. The Labute approximate surface area is 214 Å². The fraction of sp³-hybridized carbons (Fsp3) is 0.143. The van der Waals surface area contributed by atoms with Crippen LogP contribution < -0.4 is 19.7 Å². The first-order valence-corrected chi connectivity index (χ1v) is 13.5. The maximum Gasteiger partial charge on any atom is 0.273 e. The molecule has 0 spiro atoms. The van der Waals surface area contributed by atoms with Crippen LogP contribution in [0.2, 0.25) is 0 Å². The number of aromatic nitrogens is 1. The van der Waals surface area contributed by atoms with Gasteiger partial charge in [0.2, 0.25) is 9.84 Å². The van der Waals surface area contributed by atoms with E-state index in [1.54, 1.807) is 24.3 Å². The van der Waals surface area contributed by atoms with Crippen molar-refractivity contribution >= 4 is 37.8 Å². The Hall–Kier alpha value is -3.93. The maximum absolute atomic E-state index is 13.7. The van der Waals surface area contributed by atoms with Crippen LogP contribution in [-0.4, -0.2) is 27.1 Å². The van der Waals surface area contributed by atoms with Gasteiger partial charge in [-0.25, -0.2) is 8.42 Å². The van der Waals surface area contributed by atoms with Crippen LogP contribution in [0.25, 0.3) is 16.7 Å². The minimum Gasteiger partial charge on any atom is -0.378 e. The van der Waals surface area contributed by atoms with Crippen LogP contribution in [0.3, 0.4) is 0 Å². The van der Waals surface area contributed by atoms with Crippen LogP contribution in [0.15, 0.2) is 82.5 Å². The van der Waals surface area contributed by atoms with Crippen molar-refractivity contribution in [2.45, 2.75) is 18.7 Å². The summed E-state index contributed by atoms with van der Waals surface area (Å²) in [5, 5.41) is 10.1. The van der Waals surface area contributed by atoms with Crippen molar-refractivity contribution in [2.75, 3.05) is 19.0 Å². The fourth-order valence-corrected chi connectivity index (χ4v) is 6.41. The van der Waals surface area contributed by atoms with Gasteiger partial charge in [0.25, 0.3) is 5.56 Å². The average Bonchev–Trinajstić information content (AvgIpc) is 3.16. The van der Waals surface area contributed by atoms with Crippen LogP contribution in [0, 0.1) is 25.2 Å². The summed E-state index contributed by atoms with van der Waals surface area (Å²) in [6.45, 7) is 3.75. The molecule has 0 aliphatic carbocycles. The highest BCUT2D eigenvalue weighted by Crippen LogP contribution is 2.20. The van der Waals surface area contributed by atoms with E-state index in [1.807, 2.05) is 81.4 Å². The lowest BCUT2D eigenvalue weighted by Gasteiger charge is -2.11. The predicted molar refractivity (Wildman–Crippen MR) is 146 cm³/mol. The molecule has 8 heteroatoms. The third kappa shape index (κ3) is 4.76. The average molecular weight is 516 g/mol. The molecule has 0 bridgehead atoms. The molecule has 0 fully saturated rings. The minimum absolute atomic E-state index is 0.000262. The van der Waals surface area contributed by atoms with E-state index in [4.69, 9.17) is 0 Å². The lowest BCUT2D eigenvalue weighted by Crippen LogP contribution is -2.32. The minimum atomic E-state index is -4.16. The topological polar surface area (TPSA) is 83.2 Å². The number of sulfone groups is 1. The Kier molecular flexibility index (Phi) is 6.97. The quantitative estimate of drug-likeness (QED) is 0.406. The van der Waals surface area contributed by atoms with Gasteiger partial charge < -0.3 is 4.90 Å².